The molecule has 1 fully saturated rings. The molecule has 1 unspecified atom stereocenters. The Morgan fingerprint density at radius 3 is 2.50 bits per heavy atom. The molecule has 9 heteroatoms. The fraction of sp³-hybridized carbons (Fsp3) is 0.421. The van der Waals surface area contributed by atoms with Crippen molar-refractivity contribution < 1.29 is 18.7 Å². The maximum Gasteiger partial charge on any atom is 0.254 e. The smallest absolute Gasteiger partial charge is 0.254 e. The minimum Gasteiger partial charge on any atom is -0.497 e. The molecule has 1 aromatic heterocycles. The highest BCUT2D eigenvalue weighted by Gasteiger charge is 2.23. The van der Waals surface area contributed by atoms with Gasteiger partial charge in [-0.1, -0.05) is 12.1 Å². The topological polar surface area (TPSA) is 90.0 Å². The zero-order valence-electron chi connectivity index (χ0n) is 15.8. The number of carbonyl (C=O) groups is 1. The number of nitrogens with one attached hydrogen (secondary N) is 1. The molecule has 2 heterocycles. The predicted octanol–water partition coefficient (Wildman–Crippen LogP) is 2.39. The fourth-order valence-corrected chi connectivity index (χ4v) is 3.07. The summed E-state index contributed by atoms with van der Waals surface area (Å²) < 4.78 is 15.9. The molecule has 2 aromatic rings. The number of morpholine rings is 1. The summed E-state index contributed by atoms with van der Waals surface area (Å²) in [6.45, 7) is 3.82. The molecule has 1 saturated heterocycles. The minimum absolute atomic E-state index is 0. The van der Waals surface area contributed by atoms with Crippen LogP contribution >= 0.6 is 24.8 Å². The number of carbonyl (C=O) groups excluding carboxylic acids is 1. The highest BCUT2D eigenvalue weighted by Crippen LogP contribution is 2.24. The number of nitrogens with zero attached hydrogens (tertiary/aromatic N) is 1. The van der Waals surface area contributed by atoms with Crippen LogP contribution < -0.4 is 15.8 Å². The second-order valence-electron chi connectivity index (χ2n) is 6.15. The van der Waals surface area contributed by atoms with Gasteiger partial charge in [0, 0.05) is 19.6 Å². The molecule has 156 valence electrons. The van der Waals surface area contributed by atoms with E-state index < -0.39 is 0 Å². The van der Waals surface area contributed by atoms with E-state index in [1.54, 1.807) is 13.2 Å². The molecule has 0 spiro atoms. The second-order valence-corrected chi connectivity index (χ2v) is 6.15. The third kappa shape index (κ3) is 6.12. The lowest BCUT2D eigenvalue weighted by Gasteiger charge is -2.35. The lowest BCUT2D eigenvalue weighted by atomic mass is 10.0. The molecule has 1 atom stereocenters. The number of rotatable bonds is 7. The molecule has 1 aliphatic heterocycles. The summed E-state index contributed by atoms with van der Waals surface area (Å²) in [6.07, 6.45) is 1.44. The van der Waals surface area contributed by atoms with Crippen molar-refractivity contribution in [3.8, 4) is 5.75 Å². The molecule has 0 radical (unpaired) electrons. The van der Waals surface area contributed by atoms with E-state index in [1.165, 1.54) is 6.26 Å². The van der Waals surface area contributed by atoms with Crippen molar-refractivity contribution >= 4 is 30.7 Å². The maximum absolute atomic E-state index is 12.4. The van der Waals surface area contributed by atoms with Crippen molar-refractivity contribution in [2.45, 2.75) is 12.6 Å². The van der Waals surface area contributed by atoms with Crippen LogP contribution in [0.4, 0.5) is 0 Å². The van der Waals surface area contributed by atoms with Crippen LogP contribution in [0.2, 0.25) is 0 Å². The number of amides is 1. The largest absolute Gasteiger partial charge is 0.497 e. The minimum atomic E-state index is -0.166. The average Bonchev–Trinajstić information content (AvgIpc) is 3.19. The van der Waals surface area contributed by atoms with Gasteiger partial charge in [-0.15, -0.1) is 24.8 Å². The number of ether oxygens (including phenoxy) is 2. The molecule has 28 heavy (non-hydrogen) atoms. The first-order chi connectivity index (χ1) is 12.7. The lowest BCUT2D eigenvalue weighted by Crippen LogP contribution is -2.43. The number of hydrogen-bond donors (Lipinski definition) is 2. The second kappa shape index (κ2) is 11.9. The van der Waals surface area contributed by atoms with E-state index in [9.17, 15) is 4.79 Å². The lowest BCUT2D eigenvalue weighted by molar-refractivity contribution is 0.0162. The SMILES string of the molecule is COc1ccc(C(CNC(=O)c2coc(CN)c2)N2CCOCC2)cc1.Cl.Cl. The molecule has 3 rings (SSSR count). The van der Waals surface area contributed by atoms with Crippen LogP contribution in [0.3, 0.4) is 0 Å². The van der Waals surface area contributed by atoms with Gasteiger partial charge < -0.3 is 24.9 Å². The van der Waals surface area contributed by atoms with Crippen LogP contribution in [0.1, 0.15) is 27.7 Å². The standard InChI is InChI=1S/C19H25N3O4.2ClH/c1-24-16-4-2-14(3-5-16)18(22-6-8-25-9-7-22)12-21-19(23)15-10-17(11-20)26-13-15;;/h2-5,10,13,18H,6-9,11-12,20H2,1H3,(H,21,23);2*1H. The Morgan fingerprint density at radius 2 is 1.93 bits per heavy atom. The number of nitrogens with two attached hydrogens (primary N) is 1. The Morgan fingerprint density at radius 1 is 1.25 bits per heavy atom. The van der Waals surface area contributed by atoms with Crippen LogP contribution in [0.25, 0.3) is 0 Å². The molecule has 0 aliphatic carbocycles. The van der Waals surface area contributed by atoms with Gasteiger partial charge in [-0.2, -0.15) is 0 Å². The Kier molecular flexibility index (Phi) is 10.3. The van der Waals surface area contributed by atoms with Crippen molar-refractivity contribution in [1.82, 2.24) is 10.2 Å². The molecule has 1 aromatic carbocycles. The average molecular weight is 432 g/mol. The summed E-state index contributed by atoms with van der Waals surface area (Å²) in [5.74, 6) is 1.24. The van der Waals surface area contributed by atoms with Crippen LogP contribution in [-0.2, 0) is 11.3 Å². The van der Waals surface area contributed by atoms with Crippen LogP contribution in [0.15, 0.2) is 41.0 Å². The van der Waals surface area contributed by atoms with Crippen molar-refractivity contribution in [3.63, 3.8) is 0 Å². The Balaban J connectivity index is 0.00000196. The van der Waals surface area contributed by atoms with Crippen molar-refractivity contribution in [1.29, 1.82) is 0 Å². The van der Waals surface area contributed by atoms with E-state index in [2.05, 4.69) is 10.2 Å². The first kappa shape index (κ1) is 24.3. The fourth-order valence-electron chi connectivity index (χ4n) is 3.07. The van der Waals surface area contributed by atoms with E-state index in [4.69, 9.17) is 19.6 Å². The highest BCUT2D eigenvalue weighted by molar-refractivity contribution is 5.94. The molecule has 7 nitrogen and oxygen atoms in total. The first-order valence-corrected chi connectivity index (χ1v) is 8.72. The van der Waals surface area contributed by atoms with E-state index in [1.807, 2.05) is 24.3 Å². The molecule has 1 amide bonds. The molecule has 1 aliphatic rings. The van der Waals surface area contributed by atoms with Gasteiger partial charge in [0.1, 0.15) is 17.8 Å². The van der Waals surface area contributed by atoms with Crippen molar-refractivity contribution in [3.05, 3.63) is 53.5 Å². The Hall–Kier alpha value is -1.77. The highest BCUT2D eigenvalue weighted by atomic mass is 35.5. The van der Waals surface area contributed by atoms with E-state index in [0.717, 1.165) is 24.4 Å². The summed E-state index contributed by atoms with van der Waals surface area (Å²) in [4.78, 5) is 14.7. The summed E-state index contributed by atoms with van der Waals surface area (Å²) in [7, 11) is 1.65. The van der Waals surface area contributed by atoms with Gasteiger partial charge in [0.2, 0.25) is 0 Å². The molecular weight excluding hydrogens is 405 g/mol. The van der Waals surface area contributed by atoms with Crippen molar-refractivity contribution in [2.24, 2.45) is 5.73 Å². The quantitative estimate of drug-likeness (QED) is 0.699. The van der Waals surface area contributed by atoms with Gasteiger partial charge in [0.25, 0.3) is 5.91 Å². The number of benzene rings is 1. The summed E-state index contributed by atoms with van der Waals surface area (Å²) in [5, 5.41) is 3.01. The number of halogens is 2. The van der Waals surface area contributed by atoms with Crippen molar-refractivity contribution in [2.75, 3.05) is 40.0 Å². The van der Waals surface area contributed by atoms with E-state index in [0.29, 0.717) is 31.1 Å². The summed E-state index contributed by atoms with van der Waals surface area (Å²) >= 11 is 0. The van der Waals surface area contributed by atoms with Crippen LogP contribution in [0, 0.1) is 0 Å². The summed E-state index contributed by atoms with van der Waals surface area (Å²) in [6, 6.07) is 9.69. The van der Waals surface area contributed by atoms with Crippen LogP contribution in [0.5, 0.6) is 5.75 Å². The monoisotopic (exact) mass is 431 g/mol. The Bertz CT molecular complexity index is 718. The maximum atomic E-state index is 12.4. The third-order valence-electron chi connectivity index (χ3n) is 4.56. The summed E-state index contributed by atoms with van der Waals surface area (Å²) in [5.41, 5.74) is 7.14. The molecule has 3 N–H and O–H groups in total. The van der Waals surface area contributed by atoms with Gasteiger partial charge in [0.15, 0.2) is 0 Å². The third-order valence-corrected chi connectivity index (χ3v) is 4.56. The predicted molar refractivity (Wildman–Crippen MR) is 112 cm³/mol. The van der Waals surface area contributed by atoms with Crippen LogP contribution in [-0.4, -0.2) is 50.8 Å². The van der Waals surface area contributed by atoms with Gasteiger partial charge in [0.05, 0.1) is 38.5 Å². The zero-order valence-corrected chi connectivity index (χ0v) is 17.4. The number of methoxy groups -OCH3 is 1. The molecule has 0 saturated carbocycles. The molecular formula is C19H27Cl2N3O4. The zero-order chi connectivity index (χ0) is 18.4. The molecule has 0 bridgehead atoms. The van der Waals surface area contributed by atoms with Gasteiger partial charge in [-0.05, 0) is 23.8 Å². The number of hydrogen-bond acceptors (Lipinski definition) is 6. The van der Waals surface area contributed by atoms with E-state index >= 15 is 0 Å². The Labute approximate surface area is 177 Å². The number of furan rings is 1. The van der Waals surface area contributed by atoms with Gasteiger partial charge >= 0.3 is 0 Å². The first-order valence-electron chi connectivity index (χ1n) is 8.72. The van der Waals surface area contributed by atoms with E-state index in [-0.39, 0.29) is 43.3 Å². The normalized spacial score (nSPS) is 15.1. The van der Waals surface area contributed by atoms with Gasteiger partial charge in [-0.25, -0.2) is 0 Å². The van der Waals surface area contributed by atoms with Gasteiger partial charge in [-0.3, -0.25) is 9.69 Å².